The second kappa shape index (κ2) is 7.81. The molecule has 1 fully saturated rings. The Labute approximate surface area is 148 Å². The van der Waals surface area contributed by atoms with Gasteiger partial charge in [0.1, 0.15) is 5.82 Å². The van der Waals surface area contributed by atoms with Crippen LogP contribution in [0.5, 0.6) is 0 Å². The van der Waals surface area contributed by atoms with E-state index in [1.807, 2.05) is 25.1 Å². The van der Waals surface area contributed by atoms with Gasteiger partial charge >= 0.3 is 0 Å². The number of carbonyl (C=O) groups is 1. The average Bonchev–Trinajstić information content (AvgIpc) is 2.57. The number of rotatable bonds is 5. The number of hydrogen-bond acceptors (Lipinski definition) is 3. The van der Waals surface area contributed by atoms with Crippen molar-refractivity contribution in [3.05, 3.63) is 40.4 Å². The second-order valence-electron chi connectivity index (χ2n) is 7.48. The van der Waals surface area contributed by atoms with Gasteiger partial charge in [-0.3, -0.25) is 9.59 Å². The first-order valence-electron chi connectivity index (χ1n) is 9.30. The van der Waals surface area contributed by atoms with Gasteiger partial charge in [0.05, 0.1) is 10.9 Å². The summed E-state index contributed by atoms with van der Waals surface area (Å²) >= 11 is 0. The zero-order chi connectivity index (χ0) is 17.8. The summed E-state index contributed by atoms with van der Waals surface area (Å²) in [5.74, 6) is 1.44. The molecule has 1 aliphatic rings. The summed E-state index contributed by atoms with van der Waals surface area (Å²) in [5.41, 5.74) is 0.585. The Morgan fingerprint density at radius 3 is 2.88 bits per heavy atom. The van der Waals surface area contributed by atoms with Crippen LogP contribution in [0.15, 0.2) is 29.1 Å². The molecule has 1 aromatic heterocycles. The average molecular weight is 341 g/mol. The molecule has 0 spiro atoms. The zero-order valence-electron chi connectivity index (χ0n) is 15.0. The summed E-state index contributed by atoms with van der Waals surface area (Å²) < 4.78 is 0. The highest BCUT2D eigenvalue weighted by Gasteiger charge is 2.23. The van der Waals surface area contributed by atoms with E-state index in [9.17, 15) is 9.59 Å². The highest BCUT2D eigenvalue weighted by molar-refractivity contribution is 5.77. The molecule has 5 nitrogen and oxygen atoms in total. The van der Waals surface area contributed by atoms with E-state index in [2.05, 4.69) is 22.2 Å². The van der Waals surface area contributed by atoms with Gasteiger partial charge in [-0.25, -0.2) is 4.98 Å². The number of nitrogens with one attached hydrogen (secondary N) is 2. The maximum absolute atomic E-state index is 12.3. The van der Waals surface area contributed by atoms with Crippen molar-refractivity contribution >= 4 is 16.8 Å². The summed E-state index contributed by atoms with van der Waals surface area (Å²) in [5, 5.41) is 3.79. The molecule has 25 heavy (non-hydrogen) atoms. The van der Waals surface area contributed by atoms with E-state index >= 15 is 0 Å². The van der Waals surface area contributed by atoms with Gasteiger partial charge in [-0.1, -0.05) is 38.8 Å². The van der Waals surface area contributed by atoms with Crippen molar-refractivity contribution in [2.24, 2.45) is 11.8 Å². The number of hydrogen-bond donors (Lipinski definition) is 2. The maximum atomic E-state index is 12.3. The lowest BCUT2D eigenvalue weighted by atomic mass is 9.86. The van der Waals surface area contributed by atoms with E-state index in [1.165, 1.54) is 19.3 Å². The Balaban J connectivity index is 1.59. The number of nitrogens with zero attached hydrogens (tertiary/aromatic N) is 1. The number of carbonyl (C=O) groups excluding carboxylic acids is 1. The highest BCUT2D eigenvalue weighted by atomic mass is 16.1. The van der Waals surface area contributed by atoms with Gasteiger partial charge in [0, 0.05) is 18.9 Å². The fourth-order valence-corrected chi connectivity index (χ4v) is 3.75. The summed E-state index contributed by atoms with van der Waals surface area (Å²) in [4.78, 5) is 31.8. The zero-order valence-corrected chi connectivity index (χ0v) is 15.0. The Morgan fingerprint density at radius 2 is 2.08 bits per heavy atom. The molecule has 1 heterocycles. The smallest absolute Gasteiger partial charge is 0.258 e. The summed E-state index contributed by atoms with van der Waals surface area (Å²) in [6.07, 6.45) is 5.80. The molecule has 3 unspecified atom stereocenters. The number of aromatic nitrogens is 2. The standard InChI is InChI=1S/C20H27N3O2/c1-13(12-19(24)22-16-9-5-3-7-14(16)2)11-18-21-17-10-6-4-8-15(17)20(25)23-18/h4,6,8,10,13-14,16H,3,5,7,9,11-12H2,1-2H3,(H,22,24)(H,21,23,25). The van der Waals surface area contributed by atoms with Gasteiger partial charge in [-0.05, 0) is 36.8 Å². The first kappa shape index (κ1) is 17.6. The van der Waals surface area contributed by atoms with E-state index in [-0.39, 0.29) is 17.4 Å². The number of para-hydroxylation sites is 1. The first-order chi connectivity index (χ1) is 12.0. The molecule has 0 saturated heterocycles. The molecule has 3 atom stereocenters. The molecule has 0 bridgehead atoms. The van der Waals surface area contributed by atoms with E-state index in [0.717, 1.165) is 6.42 Å². The maximum Gasteiger partial charge on any atom is 0.258 e. The van der Waals surface area contributed by atoms with Crippen LogP contribution < -0.4 is 10.9 Å². The number of fused-ring (bicyclic) bond motifs is 1. The fourth-order valence-electron chi connectivity index (χ4n) is 3.75. The SMILES string of the molecule is CC(CC(=O)NC1CCCCC1C)Cc1nc2ccccc2c(=O)[nH]1. The van der Waals surface area contributed by atoms with Crippen LogP contribution in [-0.4, -0.2) is 21.9 Å². The van der Waals surface area contributed by atoms with Gasteiger partial charge in [0.2, 0.25) is 5.91 Å². The number of amides is 1. The predicted octanol–water partition coefficient (Wildman–Crippen LogP) is 3.19. The number of aromatic amines is 1. The lowest BCUT2D eigenvalue weighted by Gasteiger charge is -2.29. The van der Waals surface area contributed by atoms with Crippen molar-refractivity contribution in [2.75, 3.05) is 0 Å². The van der Waals surface area contributed by atoms with Gasteiger partial charge in [0.25, 0.3) is 5.56 Å². The predicted molar refractivity (Wildman–Crippen MR) is 99.4 cm³/mol. The van der Waals surface area contributed by atoms with E-state index < -0.39 is 0 Å². The minimum absolute atomic E-state index is 0.106. The molecule has 5 heteroatoms. The van der Waals surface area contributed by atoms with Gasteiger partial charge in [-0.2, -0.15) is 0 Å². The van der Waals surface area contributed by atoms with Gasteiger partial charge in [-0.15, -0.1) is 0 Å². The van der Waals surface area contributed by atoms with E-state index in [4.69, 9.17) is 0 Å². The largest absolute Gasteiger partial charge is 0.353 e. The molecule has 0 radical (unpaired) electrons. The monoisotopic (exact) mass is 341 g/mol. The minimum atomic E-state index is -0.117. The molecule has 3 rings (SSSR count). The van der Waals surface area contributed by atoms with E-state index in [1.54, 1.807) is 6.07 Å². The van der Waals surface area contributed by atoms with Gasteiger partial charge < -0.3 is 10.3 Å². The molecule has 2 aromatic rings. The van der Waals surface area contributed by atoms with Crippen LogP contribution in [0.3, 0.4) is 0 Å². The molecule has 134 valence electrons. The molecule has 2 N–H and O–H groups in total. The lowest BCUT2D eigenvalue weighted by molar-refractivity contribution is -0.123. The Morgan fingerprint density at radius 1 is 1.32 bits per heavy atom. The molecule has 0 aliphatic heterocycles. The molecule has 1 aliphatic carbocycles. The minimum Gasteiger partial charge on any atom is -0.353 e. The normalized spacial score (nSPS) is 21.8. The quantitative estimate of drug-likeness (QED) is 0.877. The third-order valence-electron chi connectivity index (χ3n) is 5.20. The molecule has 1 saturated carbocycles. The third-order valence-corrected chi connectivity index (χ3v) is 5.20. The fraction of sp³-hybridized carbons (Fsp3) is 0.550. The Kier molecular flexibility index (Phi) is 5.51. The Bertz CT molecular complexity index is 799. The van der Waals surface area contributed by atoms with Crippen molar-refractivity contribution < 1.29 is 4.79 Å². The van der Waals surface area contributed by atoms with Crippen LogP contribution in [0.2, 0.25) is 0 Å². The Hall–Kier alpha value is -2.17. The highest BCUT2D eigenvalue weighted by Crippen LogP contribution is 2.24. The van der Waals surface area contributed by atoms with Crippen LogP contribution in [0.4, 0.5) is 0 Å². The van der Waals surface area contributed by atoms with Crippen molar-refractivity contribution in [1.29, 1.82) is 0 Å². The van der Waals surface area contributed by atoms with Crippen LogP contribution in [0, 0.1) is 11.8 Å². The third kappa shape index (κ3) is 4.47. The van der Waals surface area contributed by atoms with Crippen LogP contribution >= 0.6 is 0 Å². The van der Waals surface area contributed by atoms with Crippen LogP contribution in [-0.2, 0) is 11.2 Å². The van der Waals surface area contributed by atoms with Crippen molar-refractivity contribution in [1.82, 2.24) is 15.3 Å². The summed E-state index contributed by atoms with van der Waals surface area (Å²) in [6, 6.07) is 7.63. The molecule has 1 aromatic carbocycles. The summed E-state index contributed by atoms with van der Waals surface area (Å²) in [6.45, 7) is 4.25. The molecular formula is C20H27N3O2. The number of benzene rings is 1. The van der Waals surface area contributed by atoms with Crippen LogP contribution in [0.1, 0.15) is 51.8 Å². The van der Waals surface area contributed by atoms with Gasteiger partial charge in [0.15, 0.2) is 0 Å². The first-order valence-corrected chi connectivity index (χ1v) is 9.30. The van der Waals surface area contributed by atoms with Crippen LogP contribution in [0.25, 0.3) is 10.9 Å². The second-order valence-corrected chi connectivity index (χ2v) is 7.48. The van der Waals surface area contributed by atoms with Crippen molar-refractivity contribution in [3.8, 4) is 0 Å². The van der Waals surface area contributed by atoms with Crippen molar-refractivity contribution in [3.63, 3.8) is 0 Å². The topological polar surface area (TPSA) is 74.8 Å². The van der Waals surface area contributed by atoms with E-state index in [0.29, 0.717) is 41.5 Å². The number of H-pyrrole nitrogens is 1. The lowest BCUT2D eigenvalue weighted by Crippen LogP contribution is -2.41. The summed E-state index contributed by atoms with van der Waals surface area (Å²) in [7, 11) is 0. The molecular weight excluding hydrogens is 314 g/mol. The van der Waals surface area contributed by atoms with Crippen molar-refractivity contribution in [2.45, 2.75) is 58.4 Å². The molecule has 1 amide bonds.